The average molecular weight is 289 g/mol. The van der Waals surface area contributed by atoms with Crippen molar-refractivity contribution in [1.82, 2.24) is 5.32 Å². The Hall–Kier alpha value is -1.02. The van der Waals surface area contributed by atoms with Gasteiger partial charge in [-0.1, -0.05) is 45.2 Å². The van der Waals surface area contributed by atoms with Crippen molar-refractivity contribution in [3.63, 3.8) is 0 Å². The largest absolute Gasteiger partial charge is 0.492 e. The molecular formula is C19H31NO. The van der Waals surface area contributed by atoms with Crippen molar-refractivity contribution in [2.24, 2.45) is 5.92 Å². The standard InChI is InChI=1S/C19H31NO/c1-3-4-8-17-10-12-18(13-11-17)21-15-14-20-19-9-6-5-7-16(19)2/h10-13,16,19-20H,3-9,14-15H2,1-2H3. The molecule has 0 aliphatic heterocycles. The van der Waals surface area contributed by atoms with E-state index in [1.807, 2.05) is 0 Å². The summed E-state index contributed by atoms with van der Waals surface area (Å²) < 4.78 is 5.83. The molecule has 2 atom stereocenters. The van der Waals surface area contributed by atoms with E-state index in [0.29, 0.717) is 6.04 Å². The predicted octanol–water partition coefficient (Wildman–Crippen LogP) is 4.58. The molecule has 1 aromatic rings. The maximum absolute atomic E-state index is 5.83. The van der Waals surface area contributed by atoms with E-state index in [2.05, 4.69) is 43.4 Å². The molecule has 0 heterocycles. The minimum Gasteiger partial charge on any atom is -0.492 e. The number of unbranched alkanes of at least 4 members (excludes halogenated alkanes) is 1. The molecule has 0 spiro atoms. The van der Waals surface area contributed by atoms with Gasteiger partial charge in [-0.05, 0) is 49.3 Å². The highest BCUT2D eigenvalue weighted by atomic mass is 16.5. The van der Waals surface area contributed by atoms with Crippen molar-refractivity contribution < 1.29 is 4.74 Å². The van der Waals surface area contributed by atoms with E-state index in [0.717, 1.165) is 24.8 Å². The van der Waals surface area contributed by atoms with Crippen LogP contribution in [0.15, 0.2) is 24.3 Å². The Morgan fingerprint density at radius 2 is 1.90 bits per heavy atom. The van der Waals surface area contributed by atoms with Crippen LogP contribution in [-0.4, -0.2) is 19.2 Å². The van der Waals surface area contributed by atoms with E-state index < -0.39 is 0 Å². The molecule has 1 aliphatic carbocycles. The summed E-state index contributed by atoms with van der Waals surface area (Å²) in [7, 11) is 0. The van der Waals surface area contributed by atoms with E-state index in [-0.39, 0.29) is 0 Å². The summed E-state index contributed by atoms with van der Waals surface area (Å²) >= 11 is 0. The maximum Gasteiger partial charge on any atom is 0.119 e. The van der Waals surface area contributed by atoms with Gasteiger partial charge in [0.2, 0.25) is 0 Å². The summed E-state index contributed by atoms with van der Waals surface area (Å²) in [6, 6.07) is 9.30. The van der Waals surface area contributed by atoms with Gasteiger partial charge in [0.25, 0.3) is 0 Å². The summed E-state index contributed by atoms with van der Waals surface area (Å²) in [6.45, 7) is 6.31. The Kier molecular flexibility index (Phi) is 7.08. The topological polar surface area (TPSA) is 21.3 Å². The molecular weight excluding hydrogens is 258 g/mol. The Morgan fingerprint density at radius 1 is 1.14 bits per heavy atom. The average Bonchev–Trinajstić information content (AvgIpc) is 2.52. The molecule has 1 aromatic carbocycles. The van der Waals surface area contributed by atoms with Gasteiger partial charge in [0.05, 0.1) is 0 Å². The third-order valence-corrected chi connectivity index (χ3v) is 4.63. The third-order valence-electron chi connectivity index (χ3n) is 4.63. The molecule has 2 heteroatoms. The van der Waals surface area contributed by atoms with E-state index >= 15 is 0 Å². The molecule has 1 fully saturated rings. The van der Waals surface area contributed by atoms with E-state index in [9.17, 15) is 0 Å². The Bertz CT molecular complexity index is 387. The fourth-order valence-electron chi connectivity index (χ4n) is 3.17. The molecule has 0 saturated heterocycles. The Balaban J connectivity index is 1.64. The monoisotopic (exact) mass is 289 g/mol. The van der Waals surface area contributed by atoms with Crippen LogP contribution in [0.25, 0.3) is 0 Å². The van der Waals surface area contributed by atoms with Crippen molar-refractivity contribution in [2.75, 3.05) is 13.2 Å². The summed E-state index contributed by atoms with van der Waals surface area (Å²) in [5.74, 6) is 1.81. The first kappa shape index (κ1) is 16.4. The molecule has 1 aliphatic rings. The molecule has 2 unspecified atom stereocenters. The molecule has 0 aromatic heterocycles. The highest BCUT2D eigenvalue weighted by Crippen LogP contribution is 2.23. The summed E-state index contributed by atoms with van der Waals surface area (Å²) in [4.78, 5) is 0. The van der Waals surface area contributed by atoms with Gasteiger partial charge in [-0.15, -0.1) is 0 Å². The quantitative estimate of drug-likeness (QED) is 0.707. The van der Waals surface area contributed by atoms with Crippen molar-refractivity contribution >= 4 is 0 Å². The van der Waals surface area contributed by atoms with Crippen LogP contribution in [0.5, 0.6) is 5.75 Å². The first-order chi connectivity index (χ1) is 10.3. The molecule has 118 valence electrons. The molecule has 0 bridgehead atoms. The van der Waals surface area contributed by atoms with Crippen molar-refractivity contribution in [2.45, 2.75) is 64.8 Å². The number of rotatable bonds is 8. The lowest BCUT2D eigenvalue weighted by Gasteiger charge is -2.29. The lowest BCUT2D eigenvalue weighted by Crippen LogP contribution is -2.39. The van der Waals surface area contributed by atoms with Crippen LogP contribution >= 0.6 is 0 Å². The lowest BCUT2D eigenvalue weighted by atomic mass is 9.86. The van der Waals surface area contributed by atoms with Crippen LogP contribution < -0.4 is 10.1 Å². The van der Waals surface area contributed by atoms with Gasteiger partial charge in [-0.2, -0.15) is 0 Å². The first-order valence-corrected chi connectivity index (χ1v) is 8.74. The van der Waals surface area contributed by atoms with Crippen molar-refractivity contribution in [3.8, 4) is 5.75 Å². The molecule has 2 rings (SSSR count). The summed E-state index contributed by atoms with van der Waals surface area (Å²) in [5.41, 5.74) is 1.42. The molecule has 0 radical (unpaired) electrons. The number of benzene rings is 1. The molecule has 2 nitrogen and oxygen atoms in total. The van der Waals surface area contributed by atoms with Crippen LogP contribution in [0.1, 0.15) is 57.9 Å². The second-order valence-electron chi connectivity index (χ2n) is 6.42. The van der Waals surface area contributed by atoms with Crippen molar-refractivity contribution in [3.05, 3.63) is 29.8 Å². The molecule has 1 N–H and O–H groups in total. The fraction of sp³-hybridized carbons (Fsp3) is 0.684. The fourth-order valence-corrected chi connectivity index (χ4v) is 3.17. The molecule has 21 heavy (non-hydrogen) atoms. The van der Waals surface area contributed by atoms with Crippen LogP contribution in [0, 0.1) is 5.92 Å². The lowest BCUT2D eigenvalue weighted by molar-refractivity contribution is 0.251. The van der Waals surface area contributed by atoms with Gasteiger partial charge in [0.15, 0.2) is 0 Å². The highest BCUT2D eigenvalue weighted by molar-refractivity contribution is 5.27. The zero-order chi connectivity index (χ0) is 14.9. The van der Waals surface area contributed by atoms with Crippen molar-refractivity contribution in [1.29, 1.82) is 0 Å². The zero-order valence-electron chi connectivity index (χ0n) is 13.7. The second-order valence-corrected chi connectivity index (χ2v) is 6.42. The van der Waals surface area contributed by atoms with Crippen LogP contribution in [0.2, 0.25) is 0 Å². The zero-order valence-corrected chi connectivity index (χ0v) is 13.7. The highest BCUT2D eigenvalue weighted by Gasteiger charge is 2.20. The third kappa shape index (κ3) is 5.70. The molecule has 1 saturated carbocycles. The second kappa shape index (κ2) is 9.09. The number of nitrogens with one attached hydrogen (secondary N) is 1. The van der Waals surface area contributed by atoms with Gasteiger partial charge in [0, 0.05) is 12.6 Å². The van der Waals surface area contributed by atoms with E-state index in [1.165, 1.54) is 50.5 Å². The Labute approximate surface area is 130 Å². The van der Waals surface area contributed by atoms with Crippen LogP contribution in [0.3, 0.4) is 0 Å². The van der Waals surface area contributed by atoms with Crippen LogP contribution in [0.4, 0.5) is 0 Å². The number of aryl methyl sites for hydroxylation is 1. The summed E-state index contributed by atoms with van der Waals surface area (Å²) in [6.07, 6.45) is 9.18. The van der Waals surface area contributed by atoms with Crippen LogP contribution in [-0.2, 0) is 6.42 Å². The van der Waals surface area contributed by atoms with Gasteiger partial charge >= 0.3 is 0 Å². The summed E-state index contributed by atoms with van der Waals surface area (Å²) in [5, 5.41) is 3.66. The minimum atomic E-state index is 0.693. The normalized spacial score (nSPS) is 22.2. The van der Waals surface area contributed by atoms with Gasteiger partial charge in [0.1, 0.15) is 12.4 Å². The number of hydrogen-bond acceptors (Lipinski definition) is 2. The number of hydrogen-bond donors (Lipinski definition) is 1. The maximum atomic E-state index is 5.83. The minimum absolute atomic E-state index is 0.693. The predicted molar refractivity (Wildman–Crippen MR) is 90.0 cm³/mol. The SMILES string of the molecule is CCCCc1ccc(OCCNC2CCCCC2C)cc1. The van der Waals surface area contributed by atoms with E-state index in [1.54, 1.807) is 0 Å². The molecule has 0 amide bonds. The Morgan fingerprint density at radius 3 is 2.62 bits per heavy atom. The first-order valence-electron chi connectivity index (χ1n) is 8.74. The van der Waals surface area contributed by atoms with Gasteiger partial charge < -0.3 is 10.1 Å². The van der Waals surface area contributed by atoms with E-state index in [4.69, 9.17) is 4.74 Å². The van der Waals surface area contributed by atoms with Gasteiger partial charge in [-0.25, -0.2) is 0 Å². The smallest absolute Gasteiger partial charge is 0.119 e. The van der Waals surface area contributed by atoms with Gasteiger partial charge in [-0.3, -0.25) is 0 Å². The number of ether oxygens (including phenoxy) is 1.